The zero-order valence-corrected chi connectivity index (χ0v) is 16.6. The van der Waals surface area contributed by atoms with Crippen molar-refractivity contribution in [1.82, 2.24) is 4.90 Å². The summed E-state index contributed by atoms with van der Waals surface area (Å²) >= 11 is 1.42. The average Bonchev–Trinajstić information content (AvgIpc) is 2.65. The maximum absolute atomic E-state index is 12.5. The van der Waals surface area contributed by atoms with Crippen LogP contribution in [0, 0.1) is 0 Å². The molecule has 3 amide bonds. The number of hydrogen-bond donors (Lipinski definition) is 1. The Morgan fingerprint density at radius 2 is 1.62 bits per heavy atom. The van der Waals surface area contributed by atoms with Crippen molar-refractivity contribution in [2.75, 3.05) is 11.9 Å². The first-order valence-corrected chi connectivity index (χ1v) is 10.3. The molecular weight excluding hydrogens is 348 g/mol. The fraction of sp³-hybridized carbons (Fsp3) is 0.550. The van der Waals surface area contributed by atoms with Crippen LogP contribution in [-0.4, -0.2) is 39.7 Å². The van der Waals surface area contributed by atoms with E-state index in [0.29, 0.717) is 18.5 Å². The second-order valence-electron chi connectivity index (χ2n) is 6.54. The Balaban J connectivity index is 1.98. The summed E-state index contributed by atoms with van der Waals surface area (Å²) in [5, 5.41) is 2.29. The summed E-state index contributed by atoms with van der Waals surface area (Å²) in [5.41, 5.74) is 1.92. The van der Waals surface area contributed by atoms with Crippen LogP contribution in [0.3, 0.4) is 0 Å². The summed E-state index contributed by atoms with van der Waals surface area (Å²) in [5.74, 6) is -0.848. The maximum Gasteiger partial charge on any atom is 0.244 e. The van der Waals surface area contributed by atoms with Gasteiger partial charge in [-0.15, -0.1) is 11.8 Å². The molecule has 0 aliphatic carbocycles. The Bertz CT molecular complexity index is 623. The fourth-order valence-corrected chi connectivity index (χ4v) is 4.22. The van der Waals surface area contributed by atoms with Gasteiger partial charge in [-0.3, -0.25) is 19.3 Å². The number of thioether (sulfide) groups is 1. The van der Waals surface area contributed by atoms with Gasteiger partial charge in [-0.1, -0.05) is 39.3 Å². The number of nitrogens with one attached hydrogen (secondary N) is 1. The lowest BCUT2D eigenvalue weighted by Gasteiger charge is -2.34. The van der Waals surface area contributed by atoms with Crippen molar-refractivity contribution < 1.29 is 14.4 Å². The molecule has 0 saturated carbocycles. The number of benzene rings is 1. The molecule has 0 aromatic heterocycles. The SMILES string of the molecule is CCCCc1ccc(NC(=O)CN2C(=O)[C@H](CC)S[C@@H](CC)C2=O)cc1. The Morgan fingerprint density at radius 1 is 1.04 bits per heavy atom. The lowest BCUT2D eigenvalue weighted by Crippen LogP contribution is -2.53. The molecule has 0 unspecified atom stereocenters. The smallest absolute Gasteiger partial charge is 0.244 e. The van der Waals surface area contributed by atoms with Gasteiger partial charge in [-0.05, 0) is 43.4 Å². The molecule has 0 bridgehead atoms. The lowest BCUT2D eigenvalue weighted by molar-refractivity contribution is -0.147. The third-order valence-corrected chi connectivity index (χ3v) is 6.24. The highest BCUT2D eigenvalue weighted by molar-refractivity contribution is 8.02. The minimum absolute atomic E-state index is 0.219. The van der Waals surface area contributed by atoms with E-state index in [2.05, 4.69) is 12.2 Å². The maximum atomic E-state index is 12.5. The normalized spacial score (nSPS) is 20.3. The van der Waals surface area contributed by atoms with Crippen LogP contribution < -0.4 is 5.32 Å². The van der Waals surface area contributed by atoms with Gasteiger partial charge in [0.05, 0.1) is 10.5 Å². The standard InChI is InChI=1S/C20H28N2O3S/c1-4-7-8-14-9-11-15(12-10-14)21-18(23)13-22-19(24)16(5-2)26-17(6-3)20(22)25/h9-12,16-17H,4-8,13H2,1-3H3,(H,21,23)/t16-,17-/m0/s1. The van der Waals surface area contributed by atoms with Gasteiger partial charge in [0.15, 0.2) is 0 Å². The highest BCUT2D eigenvalue weighted by atomic mass is 32.2. The number of imide groups is 1. The zero-order valence-electron chi connectivity index (χ0n) is 15.8. The molecule has 142 valence electrons. The predicted octanol–water partition coefficient (Wildman–Crippen LogP) is 3.63. The molecule has 0 spiro atoms. The van der Waals surface area contributed by atoms with Gasteiger partial charge in [0.2, 0.25) is 17.7 Å². The summed E-state index contributed by atoms with van der Waals surface area (Å²) in [6, 6.07) is 7.73. The summed E-state index contributed by atoms with van der Waals surface area (Å²) in [7, 11) is 0. The highest BCUT2D eigenvalue weighted by Gasteiger charge is 2.40. The van der Waals surface area contributed by atoms with E-state index in [4.69, 9.17) is 0 Å². The molecule has 0 radical (unpaired) electrons. The molecule has 2 atom stereocenters. The zero-order chi connectivity index (χ0) is 19.1. The van der Waals surface area contributed by atoms with Crippen LogP contribution >= 0.6 is 11.8 Å². The average molecular weight is 377 g/mol. The van der Waals surface area contributed by atoms with Crippen LogP contribution in [0.25, 0.3) is 0 Å². The third-order valence-electron chi connectivity index (χ3n) is 4.51. The summed E-state index contributed by atoms with van der Waals surface area (Å²) in [6.07, 6.45) is 4.62. The van der Waals surface area contributed by atoms with Crippen molar-refractivity contribution in [2.24, 2.45) is 0 Å². The number of unbranched alkanes of at least 4 members (excludes halogenated alkanes) is 1. The van der Waals surface area contributed by atoms with Gasteiger partial charge < -0.3 is 5.32 Å². The van der Waals surface area contributed by atoms with Crippen molar-refractivity contribution in [1.29, 1.82) is 0 Å². The van der Waals surface area contributed by atoms with Crippen molar-refractivity contribution >= 4 is 35.2 Å². The van der Waals surface area contributed by atoms with Gasteiger partial charge in [-0.2, -0.15) is 0 Å². The van der Waals surface area contributed by atoms with Crippen LogP contribution in [0.2, 0.25) is 0 Å². The number of hydrogen-bond acceptors (Lipinski definition) is 4. The number of carbonyl (C=O) groups excluding carboxylic acids is 3. The van der Waals surface area contributed by atoms with Gasteiger partial charge in [0.25, 0.3) is 0 Å². The minimum atomic E-state index is -0.343. The first kappa shape index (κ1) is 20.5. The first-order chi connectivity index (χ1) is 12.5. The van der Waals surface area contributed by atoms with Gasteiger partial charge in [0, 0.05) is 5.69 Å². The van der Waals surface area contributed by atoms with E-state index in [1.807, 2.05) is 38.1 Å². The molecule has 1 N–H and O–H groups in total. The summed E-state index contributed by atoms with van der Waals surface area (Å²) in [4.78, 5) is 38.4. The van der Waals surface area contributed by atoms with Crippen molar-refractivity contribution in [3.63, 3.8) is 0 Å². The Kier molecular flexibility index (Phi) is 7.69. The monoisotopic (exact) mass is 376 g/mol. The van der Waals surface area contributed by atoms with E-state index < -0.39 is 0 Å². The van der Waals surface area contributed by atoms with Crippen molar-refractivity contribution in [3.05, 3.63) is 29.8 Å². The molecule has 1 aliphatic heterocycles. The van der Waals surface area contributed by atoms with E-state index >= 15 is 0 Å². The summed E-state index contributed by atoms with van der Waals surface area (Å²) < 4.78 is 0. The Labute approximate surface area is 159 Å². The second-order valence-corrected chi connectivity index (χ2v) is 7.95. The number of rotatable bonds is 8. The second kappa shape index (κ2) is 9.76. The first-order valence-electron chi connectivity index (χ1n) is 9.39. The van der Waals surface area contributed by atoms with Gasteiger partial charge in [-0.25, -0.2) is 0 Å². The number of aryl methyl sites for hydroxylation is 1. The molecule has 1 aromatic carbocycles. The lowest BCUT2D eigenvalue weighted by atomic mass is 10.1. The van der Waals surface area contributed by atoms with Crippen LogP contribution in [0.15, 0.2) is 24.3 Å². The van der Waals surface area contributed by atoms with Crippen LogP contribution in [-0.2, 0) is 20.8 Å². The van der Waals surface area contributed by atoms with Crippen molar-refractivity contribution in [2.45, 2.75) is 63.4 Å². The van der Waals surface area contributed by atoms with E-state index in [9.17, 15) is 14.4 Å². The van der Waals surface area contributed by atoms with E-state index in [-0.39, 0.29) is 34.8 Å². The topological polar surface area (TPSA) is 66.5 Å². The van der Waals surface area contributed by atoms with Crippen molar-refractivity contribution in [3.8, 4) is 0 Å². The number of carbonyl (C=O) groups is 3. The predicted molar refractivity (Wildman–Crippen MR) is 106 cm³/mol. The molecule has 5 nitrogen and oxygen atoms in total. The van der Waals surface area contributed by atoms with Gasteiger partial charge in [0.1, 0.15) is 6.54 Å². The number of amides is 3. The Morgan fingerprint density at radius 3 is 2.12 bits per heavy atom. The van der Waals surface area contributed by atoms with Crippen LogP contribution in [0.5, 0.6) is 0 Å². The largest absolute Gasteiger partial charge is 0.325 e. The highest BCUT2D eigenvalue weighted by Crippen LogP contribution is 2.31. The summed E-state index contributed by atoms with van der Waals surface area (Å²) in [6.45, 7) is 5.79. The molecule has 6 heteroatoms. The quantitative estimate of drug-likeness (QED) is 0.704. The molecule has 1 heterocycles. The Hall–Kier alpha value is -1.82. The van der Waals surface area contributed by atoms with E-state index in [1.165, 1.54) is 17.3 Å². The van der Waals surface area contributed by atoms with Gasteiger partial charge >= 0.3 is 0 Å². The number of nitrogens with zero attached hydrogens (tertiary/aromatic N) is 1. The van der Waals surface area contributed by atoms with E-state index in [0.717, 1.165) is 24.2 Å². The molecular formula is C20H28N2O3S. The third kappa shape index (κ3) is 5.10. The molecule has 1 saturated heterocycles. The molecule has 1 fully saturated rings. The number of anilines is 1. The fourth-order valence-electron chi connectivity index (χ4n) is 2.95. The molecule has 1 aromatic rings. The van der Waals surface area contributed by atoms with E-state index in [1.54, 1.807) is 0 Å². The molecule has 1 aliphatic rings. The molecule has 26 heavy (non-hydrogen) atoms. The minimum Gasteiger partial charge on any atom is -0.325 e. The van der Waals surface area contributed by atoms with Crippen LogP contribution in [0.1, 0.15) is 52.0 Å². The molecule has 2 rings (SSSR count). The van der Waals surface area contributed by atoms with Crippen LogP contribution in [0.4, 0.5) is 5.69 Å².